The van der Waals surface area contributed by atoms with E-state index in [2.05, 4.69) is 30.9 Å². The molecule has 1 N–H and O–H groups in total. The number of nitrogens with zero attached hydrogens (tertiary/aromatic N) is 1. The van der Waals surface area contributed by atoms with Crippen molar-refractivity contribution in [3.8, 4) is 0 Å². The number of hydrogen-bond acceptors (Lipinski definition) is 4. The molecule has 0 bridgehead atoms. The molecule has 4 heteroatoms. The highest BCUT2D eigenvalue weighted by Gasteiger charge is 2.20. The van der Waals surface area contributed by atoms with Crippen molar-refractivity contribution in [1.29, 1.82) is 0 Å². The maximum Gasteiger partial charge on any atom is 0.106 e. The molecule has 90 valence electrons. The molecule has 0 aliphatic carbocycles. The van der Waals surface area contributed by atoms with Crippen LogP contribution in [-0.2, 0) is 6.54 Å². The molecule has 1 fully saturated rings. The van der Waals surface area contributed by atoms with Gasteiger partial charge < -0.3 is 5.32 Å². The van der Waals surface area contributed by atoms with Crippen molar-refractivity contribution in [3.05, 3.63) is 15.6 Å². The summed E-state index contributed by atoms with van der Waals surface area (Å²) in [7, 11) is 0. The Morgan fingerprint density at radius 2 is 2.31 bits per heavy atom. The van der Waals surface area contributed by atoms with E-state index in [9.17, 15) is 0 Å². The number of rotatable bonds is 4. The average Bonchev–Trinajstić information content (AvgIpc) is 2.69. The Labute approximate surface area is 106 Å². The molecule has 0 aromatic carbocycles. The van der Waals surface area contributed by atoms with Crippen molar-refractivity contribution in [2.45, 2.75) is 44.9 Å². The topological polar surface area (TPSA) is 24.9 Å². The van der Waals surface area contributed by atoms with Gasteiger partial charge in [-0.15, -0.1) is 11.3 Å². The fourth-order valence-corrected chi connectivity index (χ4v) is 4.51. The molecule has 0 spiro atoms. The minimum absolute atomic E-state index is 0.674. The third-order valence-electron chi connectivity index (χ3n) is 2.90. The molecule has 1 saturated heterocycles. The summed E-state index contributed by atoms with van der Waals surface area (Å²) in [5.41, 5.74) is 1.23. The molecule has 2 heterocycles. The standard InChI is InChI=1S/C12H20N2S2/c1-3-13-8-11-9(2)14-12(16-11)10-6-4-5-7-15-10/h10,13H,3-8H2,1-2H3. The molecule has 1 unspecified atom stereocenters. The Bertz CT molecular complexity index is 330. The van der Waals surface area contributed by atoms with Crippen molar-refractivity contribution in [3.63, 3.8) is 0 Å². The first-order valence-electron chi connectivity index (χ1n) is 6.09. The van der Waals surface area contributed by atoms with Crippen molar-refractivity contribution in [1.82, 2.24) is 10.3 Å². The molecule has 2 nitrogen and oxygen atoms in total. The van der Waals surface area contributed by atoms with Crippen LogP contribution in [0.3, 0.4) is 0 Å². The van der Waals surface area contributed by atoms with Gasteiger partial charge in [0.05, 0.1) is 10.9 Å². The summed E-state index contributed by atoms with van der Waals surface area (Å²) in [6.07, 6.45) is 4.08. The van der Waals surface area contributed by atoms with Gasteiger partial charge in [-0.05, 0) is 32.1 Å². The first kappa shape index (κ1) is 12.4. The Morgan fingerprint density at radius 1 is 1.44 bits per heavy atom. The summed E-state index contributed by atoms with van der Waals surface area (Å²) in [4.78, 5) is 6.16. The van der Waals surface area contributed by atoms with Crippen LogP contribution in [0.5, 0.6) is 0 Å². The van der Waals surface area contributed by atoms with E-state index in [1.807, 2.05) is 11.3 Å². The van der Waals surface area contributed by atoms with E-state index in [0.717, 1.165) is 13.1 Å². The van der Waals surface area contributed by atoms with Gasteiger partial charge in [-0.3, -0.25) is 0 Å². The van der Waals surface area contributed by atoms with Crippen molar-refractivity contribution in [2.75, 3.05) is 12.3 Å². The quantitative estimate of drug-likeness (QED) is 0.892. The van der Waals surface area contributed by atoms with Gasteiger partial charge in [0.25, 0.3) is 0 Å². The molecule has 0 saturated carbocycles. The zero-order valence-electron chi connectivity index (χ0n) is 10.1. The van der Waals surface area contributed by atoms with E-state index in [1.54, 1.807) is 0 Å². The second-order valence-corrected chi connectivity index (χ2v) is 6.62. The van der Waals surface area contributed by atoms with Gasteiger partial charge in [0.2, 0.25) is 0 Å². The summed E-state index contributed by atoms with van der Waals surface area (Å²) < 4.78 is 0. The zero-order chi connectivity index (χ0) is 11.4. The Morgan fingerprint density at radius 3 is 3.00 bits per heavy atom. The smallest absolute Gasteiger partial charge is 0.106 e. The SMILES string of the molecule is CCNCc1sc(C2CCCCS2)nc1C. The summed E-state index contributed by atoms with van der Waals surface area (Å²) in [5.74, 6) is 1.31. The van der Waals surface area contributed by atoms with Gasteiger partial charge >= 0.3 is 0 Å². The number of aromatic nitrogens is 1. The van der Waals surface area contributed by atoms with Crippen LogP contribution in [0, 0.1) is 6.92 Å². The molecule has 16 heavy (non-hydrogen) atoms. The molecule has 1 aromatic rings. The monoisotopic (exact) mass is 256 g/mol. The molecule has 1 aromatic heterocycles. The van der Waals surface area contributed by atoms with Crippen LogP contribution < -0.4 is 5.32 Å². The predicted molar refractivity (Wildman–Crippen MR) is 73.3 cm³/mol. The lowest BCUT2D eigenvalue weighted by atomic mass is 10.2. The van der Waals surface area contributed by atoms with E-state index in [0.29, 0.717) is 5.25 Å². The van der Waals surface area contributed by atoms with Crippen molar-refractivity contribution < 1.29 is 0 Å². The van der Waals surface area contributed by atoms with Gasteiger partial charge in [-0.1, -0.05) is 13.3 Å². The lowest BCUT2D eigenvalue weighted by Gasteiger charge is -2.18. The zero-order valence-corrected chi connectivity index (χ0v) is 11.7. The van der Waals surface area contributed by atoms with Crippen LogP contribution in [0.2, 0.25) is 0 Å². The van der Waals surface area contributed by atoms with Gasteiger partial charge in [0.1, 0.15) is 5.01 Å². The normalized spacial score (nSPS) is 21.2. The lowest BCUT2D eigenvalue weighted by molar-refractivity contribution is 0.682. The van der Waals surface area contributed by atoms with Gasteiger partial charge in [0.15, 0.2) is 0 Å². The fourth-order valence-electron chi connectivity index (χ4n) is 1.93. The molecule has 0 amide bonds. The maximum atomic E-state index is 4.74. The third kappa shape index (κ3) is 2.99. The van der Waals surface area contributed by atoms with E-state index in [1.165, 1.54) is 40.6 Å². The van der Waals surface area contributed by atoms with Gasteiger partial charge in [-0.25, -0.2) is 4.98 Å². The van der Waals surface area contributed by atoms with E-state index >= 15 is 0 Å². The van der Waals surface area contributed by atoms with Crippen LogP contribution in [-0.4, -0.2) is 17.3 Å². The largest absolute Gasteiger partial charge is 0.312 e. The second kappa shape index (κ2) is 6.03. The minimum atomic E-state index is 0.674. The number of aryl methyl sites for hydroxylation is 1. The van der Waals surface area contributed by atoms with Crippen LogP contribution in [0.15, 0.2) is 0 Å². The van der Waals surface area contributed by atoms with Gasteiger partial charge in [0, 0.05) is 11.4 Å². The van der Waals surface area contributed by atoms with E-state index < -0.39 is 0 Å². The molecule has 1 aliphatic heterocycles. The van der Waals surface area contributed by atoms with E-state index in [-0.39, 0.29) is 0 Å². The summed E-state index contributed by atoms with van der Waals surface area (Å²) in [6.45, 7) is 6.30. The molecule has 0 radical (unpaired) electrons. The molecule has 2 rings (SSSR count). The second-order valence-electron chi connectivity index (χ2n) is 4.20. The number of thiazole rings is 1. The Balaban J connectivity index is 2.03. The molecule has 1 aliphatic rings. The highest BCUT2D eigenvalue weighted by Crippen LogP contribution is 2.40. The molecule has 1 atom stereocenters. The third-order valence-corrected chi connectivity index (χ3v) is 5.71. The predicted octanol–water partition coefficient (Wildman–Crippen LogP) is 3.52. The van der Waals surface area contributed by atoms with Gasteiger partial charge in [-0.2, -0.15) is 11.8 Å². The maximum absolute atomic E-state index is 4.74. The summed E-state index contributed by atoms with van der Waals surface area (Å²) in [6, 6.07) is 0. The van der Waals surface area contributed by atoms with Crippen molar-refractivity contribution in [2.24, 2.45) is 0 Å². The Kier molecular flexibility index (Phi) is 4.67. The van der Waals surface area contributed by atoms with Crippen LogP contribution >= 0.6 is 23.1 Å². The number of hydrogen-bond donors (Lipinski definition) is 1. The molecular weight excluding hydrogens is 236 g/mol. The molecular formula is C12H20N2S2. The fraction of sp³-hybridized carbons (Fsp3) is 0.750. The highest BCUT2D eigenvalue weighted by molar-refractivity contribution is 7.99. The van der Waals surface area contributed by atoms with Crippen LogP contribution in [0.25, 0.3) is 0 Å². The Hall–Kier alpha value is -0.0600. The minimum Gasteiger partial charge on any atom is -0.312 e. The van der Waals surface area contributed by atoms with E-state index in [4.69, 9.17) is 4.98 Å². The first-order valence-corrected chi connectivity index (χ1v) is 7.96. The van der Waals surface area contributed by atoms with Crippen LogP contribution in [0.4, 0.5) is 0 Å². The lowest BCUT2D eigenvalue weighted by Crippen LogP contribution is -2.11. The highest BCUT2D eigenvalue weighted by atomic mass is 32.2. The van der Waals surface area contributed by atoms with Crippen LogP contribution in [0.1, 0.15) is 47.0 Å². The number of thioether (sulfide) groups is 1. The average molecular weight is 256 g/mol. The first-order chi connectivity index (χ1) is 7.81. The summed E-state index contributed by atoms with van der Waals surface area (Å²) >= 11 is 4.00. The van der Waals surface area contributed by atoms with Crippen molar-refractivity contribution >= 4 is 23.1 Å². The summed E-state index contributed by atoms with van der Waals surface area (Å²) in [5, 5.41) is 5.42. The number of nitrogens with one attached hydrogen (secondary N) is 1.